The van der Waals surface area contributed by atoms with Gasteiger partial charge in [-0.15, -0.1) is 0 Å². The van der Waals surface area contributed by atoms with E-state index < -0.39 is 0 Å². The first-order chi connectivity index (χ1) is 7.59. The number of nitrogens with zero attached hydrogens (tertiary/aromatic N) is 1. The summed E-state index contributed by atoms with van der Waals surface area (Å²) in [7, 11) is 0. The molecule has 0 spiro atoms. The van der Waals surface area contributed by atoms with Gasteiger partial charge in [0.05, 0.1) is 0 Å². The fourth-order valence-electron chi connectivity index (χ4n) is 3.54. The molecular formula is C15H25N. The molecule has 1 saturated carbocycles. The summed E-state index contributed by atoms with van der Waals surface area (Å²) in [4.78, 5) is 2.46. The quantitative estimate of drug-likeness (QED) is 0.638. The summed E-state index contributed by atoms with van der Waals surface area (Å²) < 4.78 is 0. The molecule has 2 rings (SSSR count). The highest BCUT2D eigenvalue weighted by molar-refractivity contribution is 5.22. The Bertz CT molecular complexity index is 292. The lowest BCUT2D eigenvalue weighted by Gasteiger charge is -2.45. The molecule has 1 heteroatoms. The molecule has 1 aliphatic heterocycles. The summed E-state index contributed by atoms with van der Waals surface area (Å²) in [6, 6.07) is 0. The molecule has 2 fully saturated rings. The maximum Gasteiger partial charge on any atom is 0.0317 e. The standard InChI is InChI=1S/C15H25N/c1-11(2)13(4)16-9-8-15-12(3)6-5-7-14(15)10-16/h12,14-15H,1,4-10H2,2-3H3/t12-,14?,15?/m1/s1. The summed E-state index contributed by atoms with van der Waals surface area (Å²) >= 11 is 0. The number of allylic oxidation sites excluding steroid dienone is 1. The lowest BCUT2D eigenvalue weighted by molar-refractivity contribution is 0.0719. The van der Waals surface area contributed by atoms with E-state index in [1.54, 1.807) is 0 Å². The lowest BCUT2D eigenvalue weighted by atomic mass is 9.69. The fourth-order valence-corrected chi connectivity index (χ4v) is 3.54. The molecule has 0 bridgehead atoms. The van der Waals surface area contributed by atoms with Crippen LogP contribution in [0.25, 0.3) is 0 Å². The van der Waals surface area contributed by atoms with E-state index in [1.165, 1.54) is 38.8 Å². The molecule has 1 aliphatic carbocycles. The van der Waals surface area contributed by atoms with Gasteiger partial charge in [0.2, 0.25) is 0 Å². The van der Waals surface area contributed by atoms with E-state index in [0.29, 0.717) is 0 Å². The van der Waals surface area contributed by atoms with Crippen LogP contribution in [0.2, 0.25) is 0 Å². The van der Waals surface area contributed by atoms with Crippen molar-refractivity contribution in [2.75, 3.05) is 13.1 Å². The largest absolute Gasteiger partial charge is 0.372 e. The van der Waals surface area contributed by atoms with Crippen LogP contribution in [-0.2, 0) is 0 Å². The third kappa shape index (κ3) is 2.18. The Morgan fingerprint density at radius 2 is 1.94 bits per heavy atom. The third-order valence-electron chi connectivity index (χ3n) is 4.63. The van der Waals surface area contributed by atoms with Crippen molar-refractivity contribution in [1.29, 1.82) is 0 Å². The van der Waals surface area contributed by atoms with Crippen molar-refractivity contribution >= 4 is 0 Å². The number of likely N-dealkylation sites (tertiary alicyclic amines) is 1. The number of rotatable bonds is 2. The Balaban J connectivity index is 2.00. The molecule has 16 heavy (non-hydrogen) atoms. The number of hydrogen-bond acceptors (Lipinski definition) is 1. The van der Waals surface area contributed by atoms with Gasteiger partial charge in [0.25, 0.3) is 0 Å². The van der Waals surface area contributed by atoms with Crippen molar-refractivity contribution in [3.8, 4) is 0 Å². The van der Waals surface area contributed by atoms with E-state index in [0.717, 1.165) is 29.0 Å². The topological polar surface area (TPSA) is 3.24 Å². The van der Waals surface area contributed by atoms with Crippen LogP contribution in [0.1, 0.15) is 39.5 Å². The van der Waals surface area contributed by atoms with Crippen LogP contribution >= 0.6 is 0 Å². The van der Waals surface area contributed by atoms with Gasteiger partial charge >= 0.3 is 0 Å². The van der Waals surface area contributed by atoms with E-state index >= 15 is 0 Å². The zero-order valence-electron chi connectivity index (χ0n) is 10.8. The molecule has 3 atom stereocenters. The summed E-state index contributed by atoms with van der Waals surface area (Å²) in [6.07, 6.45) is 5.66. The van der Waals surface area contributed by atoms with Crippen molar-refractivity contribution < 1.29 is 0 Å². The molecule has 0 aromatic rings. The SMILES string of the molecule is C=C(C)C(=C)N1CCC2C(CCC[C@H]2C)C1. The maximum absolute atomic E-state index is 4.16. The van der Waals surface area contributed by atoms with Gasteiger partial charge in [-0.25, -0.2) is 0 Å². The fraction of sp³-hybridized carbons (Fsp3) is 0.733. The Kier molecular flexibility index (Phi) is 3.41. The third-order valence-corrected chi connectivity index (χ3v) is 4.63. The summed E-state index contributed by atoms with van der Waals surface area (Å²) in [5.41, 5.74) is 2.29. The number of piperidine rings is 1. The van der Waals surface area contributed by atoms with Crippen LogP contribution in [-0.4, -0.2) is 18.0 Å². The summed E-state index contributed by atoms with van der Waals surface area (Å²) in [5, 5.41) is 0. The van der Waals surface area contributed by atoms with Crippen LogP contribution < -0.4 is 0 Å². The number of fused-ring (bicyclic) bond motifs is 1. The molecule has 2 aliphatic rings. The monoisotopic (exact) mass is 219 g/mol. The molecule has 0 amide bonds. The van der Waals surface area contributed by atoms with Crippen molar-refractivity contribution in [2.24, 2.45) is 17.8 Å². The van der Waals surface area contributed by atoms with Gasteiger partial charge in [-0.3, -0.25) is 0 Å². The van der Waals surface area contributed by atoms with Crippen molar-refractivity contribution in [1.82, 2.24) is 4.90 Å². The predicted octanol–water partition coefficient (Wildman–Crippen LogP) is 3.83. The van der Waals surface area contributed by atoms with Crippen molar-refractivity contribution in [3.63, 3.8) is 0 Å². The molecule has 2 unspecified atom stereocenters. The Hall–Kier alpha value is -0.720. The van der Waals surface area contributed by atoms with Crippen LogP contribution in [0.15, 0.2) is 24.4 Å². The Morgan fingerprint density at radius 3 is 2.62 bits per heavy atom. The van der Waals surface area contributed by atoms with Gasteiger partial charge in [0.15, 0.2) is 0 Å². The first-order valence-electron chi connectivity index (χ1n) is 6.69. The highest BCUT2D eigenvalue weighted by Gasteiger charge is 2.35. The smallest absolute Gasteiger partial charge is 0.0317 e. The van der Waals surface area contributed by atoms with E-state index in [-0.39, 0.29) is 0 Å². The van der Waals surface area contributed by atoms with Crippen molar-refractivity contribution in [2.45, 2.75) is 39.5 Å². The van der Waals surface area contributed by atoms with E-state index in [4.69, 9.17) is 0 Å². The lowest BCUT2D eigenvalue weighted by Crippen LogP contribution is -2.43. The second-order valence-electron chi connectivity index (χ2n) is 5.79. The molecule has 0 aromatic heterocycles. The Labute approximate surface area is 100 Å². The minimum atomic E-state index is 0.911. The normalized spacial score (nSPS) is 34.4. The molecule has 1 nitrogen and oxygen atoms in total. The minimum absolute atomic E-state index is 0.911. The zero-order valence-corrected chi connectivity index (χ0v) is 10.8. The highest BCUT2D eigenvalue weighted by Crippen LogP contribution is 2.40. The van der Waals surface area contributed by atoms with Crippen LogP contribution in [0.5, 0.6) is 0 Å². The summed E-state index contributed by atoms with van der Waals surface area (Å²) in [5.74, 6) is 2.83. The minimum Gasteiger partial charge on any atom is -0.372 e. The second kappa shape index (κ2) is 4.65. The average Bonchev–Trinajstić information content (AvgIpc) is 2.28. The molecular weight excluding hydrogens is 194 g/mol. The van der Waals surface area contributed by atoms with E-state index in [9.17, 15) is 0 Å². The van der Waals surface area contributed by atoms with Crippen LogP contribution in [0.3, 0.4) is 0 Å². The van der Waals surface area contributed by atoms with Crippen LogP contribution in [0.4, 0.5) is 0 Å². The van der Waals surface area contributed by atoms with Gasteiger partial charge < -0.3 is 4.90 Å². The second-order valence-corrected chi connectivity index (χ2v) is 5.79. The van der Waals surface area contributed by atoms with Gasteiger partial charge in [-0.2, -0.15) is 0 Å². The Morgan fingerprint density at radius 1 is 1.19 bits per heavy atom. The molecule has 1 saturated heterocycles. The first-order valence-corrected chi connectivity index (χ1v) is 6.69. The molecule has 0 aromatic carbocycles. The van der Waals surface area contributed by atoms with Crippen molar-refractivity contribution in [3.05, 3.63) is 24.4 Å². The molecule has 90 valence electrons. The first kappa shape index (κ1) is 11.8. The van der Waals surface area contributed by atoms with Gasteiger partial charge in [-0.1, -0.05) is 32.9 Å². The maximum atomic E-state index is 4.16. The zero-order chi connectivity index (χ0) is 11.7. The van der Waals surface area contributed by atoms with Gasteiger partial charge in [0, 0.05) is 18.8 Å². The summed E-state index contributed by atoms with van der Waals surface area (Å²) in [6.45, 7) is 15.1. The predicted molar refractivity (Wildman–Crippen MR) is 70.1 cm³/mol. The van der Waals surface area contributed by atoms with Gasteiger partial charge in [0.1, 0.15) is 0 Å². The van der Waals surface area contributed by atoms with Gasteiger partial charge in [-0.05, 0) is 43.1 Å². The highest BCUT2D eigenvalue weighted by atomic mass is 15.1. The molecule has 0 radical (unpaired) electrons. The average molecular weight is 219 g/mol. The van der Waals surface area contributed by atoms with Crippen LogP contribution in [0, 0.1) is 17.8 Å². The number of hydrogen-bond donors (Lipinski definition) is 0. The molecule has 0 N–H and O–H groups in total. The molecule has 1 heterocycles. The van der Waals surface area contributed by atoms with E-state index in [1.807, 2.05) is 0 Å². The van der Waals surface area contributed by atoms with E-state index in [2.05, 4.69) is 31.9 Å².